The molecule has 0 amide bonds. The van der Waals surface area contributed by atoms with Crippen molar-refractivity contribution in [1.29, 1.82) is 0 Å². The standard InChI is InChI=1S/C11H13BrF3N/c1-7(2)10(12)5-9-4-3-8(6-16-9)11(13,14)15/h3-4,6-7,10H,5H2,1-2H3. The van der Waals surface area contributed by atoms with E-state index in [0.717, 1.165) is 12.3 Å². The molecule has 1 heterocycles. The molecule has 0 aliphatic heterocycles. The van der Waals surface area contributed by atoms with Crippen molar-refractivity contribution in [2.24, 2.45) is 5.92 Å². The van der Waals surface area contributed by atoms with E-state index in [1.54, 1.807) is 0 Å². The highest BCUT2D eigenvalue weighted by molar-refractivity contribution is 9.09. The highest BCUT2D eigenvalue weighted by Gasteiger charge is 2.30. The fraction of sp³-hybridized carbons (Fsp3) is 0.545. The molecule has 0 aromatic carbocycles. The van der Waals surface area contributed by atoms with Gasteiger partial charge in [-0.05, 0) is 18.1 Å². The molecule has 0 spiro atoms. The van der Waals surface area contributed by atoms with Crippen LogP contribution in [0.5, 0.6) is 0 Å². The average molecular weight is 296 g/mol. The largest absolute Gasteiger partial charge is 0.417 e. The van der Waals surface area contributed by atoms with Crippen molar-refractivity contribution in [3.63, 3.8) is 0 Å². The predicted molar refractivity (Wildman–Crippen MR) is 60.5 cm³/mol. The number of nitrogens with zero attached hydrogens (tertiary/aromatic N) is 1. The third kappa shape index (κ3) is 3.77. The molecular formula is C11H13BrF3N. The van der Waals surface area contributed by atoms with Crippen molar-refractivity contribution in [2.75, 3.05) is 0 Å². The van der Waals surface area contributed by atoms with Crippen LogP contribution in [0.15, 0.2) is 18.3 Å². The first-order valence-electron chi connectivity index (χ1n) is 4.97. The van der Waals surface area contributed by atoms with Crippen LogP contribution in [0.25, 0.3) is 0 Å². The smallest absolute Gasteiger partial charge is 0.261 e. The van der Waals surface area contributed by atoms with Crippen LogP contribution in [0.3, 0.4) is 0 Å². The highest BCUT2D eigenvalue weighted by Crippen LogP contribution is 2.28. The van der Waals surface area contributed by atoms with E-state index in [0.29, 0.717) is 18.0 Å². The Morgan fingerprint density at radius 2 is 1.94 bits per heavy atom. The fourth-order valence-electron chi connectivity index (χ4n) is 1.15. The second-order valence-corrected chi connectivity index (χ2v) is 5.18. The van der Waals surface area contributed by atoms with E-state index in [1.807, 2.05) is 13.8 Å². The predicted octanol–water partition coefficient (Wildman–Crippen LogP) is 4.06. The van der Waals surface area contributed by atoms with Crippen molar-refractivity contribution in [3.05, 3.63) is 29.6 Å². The molecule has 16 heavy (non-hydrogen) atoms. The number of alkyl halides is 4. The molecule has 0 bridgehead atoms. The van der Waals surface area contributed by atoms with Gasteiger partial charge in [0.25, 0.3) is 0 Å². The Balaban J connectivity index is 2.72. The molecule has 0 saturated carbocycles. The summed E-state index contributed by atoms with van der Waals surface area (Å²) in [6.07, 6.45) is -2.79. The Hall–Kier alpha value is -0.580. The van der Waals surface area contributed by atoms with E-state index in [2.05, 4.69) is 20.9 Å². The lowest BCUT2D eigenvalue weighted by atomic mass is 10.1. The van der Waals surface area contributed by atoms with Gasteiger partial charge in [-0.2, -0.15) is 13.2 Å². The summed E-state index contributed by atoms with van der Waals surface area (Å²) in [7, 11) is 0. The topological polar surface area (TPSA) is 12.9 Å². The van der Waals surface area contributed by atoms with Crippen LogP contribution < -0.4 is 0 Å². The van der Waals surface area contributed by atoms with Crippen LogP contribution in [0, 0.1) is 5.92 Å². The number of hydrogen-bond acceptors (Lipinski definition) is 1. The Bertz CT molecular complexity index is 332. The zero-order valence-corrected chi connectivity index (χ0v) is 10.6. The third-order valence-electron chi connectivity index (χ3n) is 2.28. The van der Waals surface area contributed by atoms with Crippen molar-refractivity contribution in [2.45, 2.75) is 31.3 Å². The second-order valence-electron chi connectivity index (χ2n) is 4.00. The first kappa shape index (κ1) is 13.5. The van der Waals surface area contributed by atoms with Gasteiger partial charge in [-0.15, -0.1) is 0 Å². The molecular weight excluding hydrogens is 283 g/mol. The zero-order chi connectivity index (χ0) is 12.3. The molecule has 90 valence electrons. The lowest BCUT2D eigenvalue weighted by Crippen LogP contribution is -2.12. The van der Waals surface area contributed by atoms with Gasteiger partial charge >= 0.3 is 6.18 Å². The van der Waals surface area contributed by atoms with E-state index in [1.165, 1.54) is 6.07 Å². The van der Waals surface area contributed by atoms with Crippen LogP contribution in [0.2, 0.25) is 0 Å². The molecule has 0 saturated heterocycles. The summed E-state index contributed by atoms with van der Waals surface area (Å²) in [6.45, 7) is 4.09. The Kier molecular flexibility index (Phi) is 4.35. The lowest BCUT2D eigenvalue weighted by Gasteiger charge is -2.13. The summed E-state index contributed by atoms with van der Waals surface area (Å²) >= 11 is 3.47. The zero-order valence-electron chi connectivity index (χ0n) is 9.05. The van der Waals surface area contributed by atoms with E-state index >= 15 is 0 Å². The maximum Gasteiger partial charge on any atom is 0.417 e. The molecule has 0 N–H and O–H groups in total. The van der Waals surface area contributed by atoms with Gasteiger partial charge in [-0.3, -0.25) is 4.98 Å². The van der Waals surface area contributed by atoms with Gasteiger partial charge in [-0.25, -0.2) is 0 Å². The van der Waals surface area contributed by atoms with E-state index in [9.17, 15) is 13.2 Å². The van der Waals surface area contributed by atoms with Gasteiger partial charge in [0.2, 0.25) is 0 Å². The van der Waals surface area contributed by atoms with Gasteiger partial charge in [0, 0.05) is 23.1 Å². The summed E-state index contributed by atoms with van der Waals surface area (Å²) in [6, 6.07) is 2.50. The minimum atomic E-state index is -4.31. The molecule has 1 atom stereocenters. The molecule has 1 unspecified atom stereocenters. The quantitative estimate of drug-likeness (QED) is 0.766. The SMILES string of the molecule is CC(C)C(Br)Cc1ccc(C(F)(F)F)cn1. The van der Waals surface area contributed by atoms with Crippen molar-refractivity contribution in [1.82, 2.24) is 4.98 Å². The van der Waals surface area contributed by atoms with E-state index < -0.39 is 11.7 Å². The van der Waals surface area contributed by atoms with Crippen molar-refractivity contribution in [3.8, 4) is 0 Å². The molecule has 0 fully saturated rings. The summed E-state index contributed by atoms with van der Waals surface area (Å²) in [5, 5.41) is 0. The van der Waals surface area contributed by atoms with Gasteiger partial charge < -0.3 is 0 Å². The lowest BCUT2D eigenvalue weighted by molar-refractivity contribution is -0.137. The summed E-state index contributed by atoms with van der Waals surface area (Å²) in [5.41, 5.74) is -0.0319. The number of aromatic nitrogens is 1. The van der Waals surface area contributed by atoms with E-state index in [-0.39, 0.29) is 4.83 Å². The van der Waals surface area contributed by atoms with E-state index in [4.69, 9.17) is 0 Å². The minimum Gasteiger partial charge on any atom is -0.261 e. The molecule has 5 heteroatoms. The summed E-state index contributed by atoms with van der Waals surface area (Å²) in [4.78, 5) is 4.05. The van der Waals surface area contributed by atoms with Gasteiger partial charge in [0.1, 0.15) is 0 Å². The number of pyridine rings is 1. The molecule has 0 aliphatic rings. The van der Waals surface area contributed by atoms with Gasteiger partial charge in [0.15, 0.2) is 0 Å². The van der Waals surface area contributed by atoms with Gasteiger partial charge in [0.05, 0.1) is 5.56 Å². The van der Waals surface area contributed by atoms with Crippen LogP contribution in [-0.2, 0) is 12.6 Å². The maximum absolute atomic E-state index is 12.3. The normalized spacial score (nSPS) is 14.2. The molecule has 1 aromatic heterocycles. The first-order chi connectivity index (χ1) is 7.30. The molecule has 1 nitrogen and oxygen atoms in total. The molecule has 1 rings (SSSR count). The van der Waals surface area contributed by atoms with Crippen molar-refractivity contribution >= 4 is 15.9 Å². The highest BCUT2D eigenvalue weighted by atomic mass is 79.9. The fourth-order valence-corrected chi connectivity index (χ4v) is 1.48. The van der Waals surface area contributed by atoms with Crippen LogP contribution in [-0.4, -0.2) is 9.81 Å². The Morgan fingerprint density at radius 1 is 1.31 bits per heavy atom. The first-order valence-corrected chi connectivity index (χ1v) is 5.88. The summed E-state index contributed by atoms with van der Waals surface area (Å²) in [5.74, 6) is 0.420. The van der Waals surface area contributed by atoms with Gasteiger partial charge in [-0.1, -0.05) is 29.8 Å². The van der Waals surface area contributed by atoms with Crippen LogP contribution >= 0.6 is 15.9 Å². The number of halogens is 4. The molecule has 0 radical (unpaired) electrons. The second kappa shape index (κ2) is 5.17. The third-order valence-corrected chi connectivity index (χ3v) is 3.66. The molecule has 1 aromatic rings. The Labute approximate surface area is 101 Å². The summed E-state index contributed by atoms with van der Waals surface area (Å²) < 4.78 is 36.8. The Morgan fingerprint density at radius 3 is 2.31 bits per heavy atom. The van der Waals surface area contributed by atoms with Crippen LogP contribution in [0.4, 0.5) is 13.2 Å². The van der Waals surface area contributed by atoms with Crippen molar-refractivity contribution < 1.29 is 13.2 Å². The number of rotatable bonds is 3. The average Bonchev–Trinajstić information content (AvgIpc) is 2.17. The molecule has 0 aliphatic carbocycles. The number of hydrogen-bond donors (Lipinski definition) is 0. The monoisotopic (exact) mass is 295 g/mol. The van der Waals surface area contributed by atoms with Crippen LogP contribution in [0.1, 0.15) is 25.1 Å². The minimum absolute atomic E-state index is 0.233. The maximum atomic E-state index is 12.3.